The Hall–Kier alpha value is -1.91. The highest BCUT2D eigenvalue weighted by Crippen LogP contribution is 2.22. The molecule has 0 saturated carbocycles. The Balaban J connectivity index is 2.14. The Kier molecular flexibility index (Phi) is 3.32. The van der Waals surface area contributed by atoms with Gasteiger partial charge in [-0.15, -0.1) is 0 Å². The topological polar surface area (TPSA) is 81.1 Å². The van der Waals surface area contributed by atoms with Crippen molar-refractivity contribution in [2.45, 2.75) is 19.0 Å². The molecule has 0 unspecified atom stereocenters. The Morgan fingerprint density at radius 2 is 1.94 bits per heavy atom. The van der Waals surface area contributed by atoms with Gasteiger partial charge in [0, 0.05) is 17.7 Å². The van der Waals surface area contributed by atoms with Gasteiger partial charge in [-0.25, -0.2) is 0 Å². The van der Waals surface area contributed by atoms with E-state index in [1.807, 2.05) is 37.3 Å². The molecule has 18 heavy (non-hydrogen) atoms. The summed E-state index contributed by atoms with van der Waals surface area (Å²) >= 11 is 0. The SMILES string of the molecule is CC1=C(C(=O)Nc2ccccc2)C=CC(N)(N)C1. The number of nitrogens with two attached hydrogens (primary N) is 2. The number of nitrogens with one attached hydrogen (secondary N) is 1. The Morgan fingerprint density at radius 3 is 2.56 bits per heavy atom. The molecule has 0 spiro atoms. The second-order valence-corrected chi connectivity index (χ2v) is 4.64. The van der Waals surface area contributed by atoms with Crippen molar-refractivity contribution in [3.63, 3.8) is 0 Å². The van der Waals surface area contributed by atoms with Crippen molar-refractivity contribution in [3.05, 3.63) is 53.6 Å². The fraction of sp³-hybridized carbons (Fsp3) is 0.214. The molecule has 1 aromatic carbocycles. The molecule has 4 heteroatoms. The zero-order valence-electron chi connectivity index (χ0n) is 10.3. The summed E-state index contributed by atoms with van der Waals surface area (Å²) in [6.45, 7) is 1.87. The quantitative estimate of drug-likeness (QED) is 0.689. The van der Waals surface area contributed by atoms with Gasteiger partial charge >= 0.3 is 0 Å². The van der Waals surface area contributed by atoms with Gasteiger partial charge in [0.2, 0.25) is 0 Å². The highest BCUT2D eigenvalue weighted by molar-refractivity contribution is 6.06. The number of hydrogen-bond acceptors (Lipinski definition) is 3. The zero-order chi connectivity index (χ0) is 13.2. The third kappa shape index (κ3) is 2.85. The van der Waals surface area contributed by atoms with Crippen LogP contribution in [0.1, 0.15) is 13.3 Å². The highest BCUT2D eigenvalue weighted by atomic mass is 16.1. The van der Waals surface area contributed by atoms with Crippen LogP contribution in [0.15, 0.2) is 53.6 Å². The number of hydrogen-bond donors (Lipinski definition) is 3. The molecule has 0 heterocycles. The van der Waals surface area contributed by atoms with Gasteiger partial charge in [0.05, 0.1) is 5.66 Å². The lowest BCUT2D eigenvalue weighted by Crippen LogP contribution is -2.48. The van der Waals surface area contributed by atoms with Gasteiger partial charge in [-0.05, 0) is 25.1 Å². The lowest BCUT2D eigenvalue weighted by Gasteiger charge is -2.26. The molecule has 0 fully saturated rings. The predicted octanol–water partition coefficient (Wildman–Crippen LogP) is 1.52. The summed E-state index contributed by atoms with van der Waals surface area (Å²) in [5.41, 5.74) is 13.1. The molecule has 0 atom stereocenters. The lowest BCUT2D eigenvalue weighted by atomic mass is 9.91. The number of benzene rings is 1. The third-order valence-corrected chi connectivity index (χ3v) is 2.87. The van der Waals surface area contributed by atoms with Crippen LogP contribution < -0.4 is 16.8 Å². The van der Waals surface area contributed by atoms with E-state index in [4.69, 9.17) is 11.5 Å². The van der Waals surface area contributed by atoms with Gasteiger partial charge in [0.15, 0.2) is 0 Å². The summed E-state index contributed by atoms with van der Waals surface area (Å²) in [6.07, 6.45) is 3.85. The predicted molar refractivity (Wildman–Crippen MR) is 72.6 cm³/mol. The minimum absolute atomic E-state index is 0.134. The van der Waals surface area contributed by atoms with Crippen molar-refractivity contribution in [2.24, 2.45) is 11.5 Å². The van der Waals surface area contributed by atoms with Gasteiger partial charge in [0.1, 0.15) is 0 Å². The van der Waals surface area contributed by atoms with Gasteiger partial charge in [-0.3, -0.25) is 4.79 Å². The van der Waals surface area contributed by atoms with E-state index in [-0.39, 0.29) is 5.91 Å². The van der Waals surface area contributed by atoms with Crippen molar-refractivity contribution in [2.75, 3.05) is 5.32 Å². The van der Waals surface area contributed by atoms with E-state index >= 15 is 0 Å². The van der Waals surface area contributed by atoms with Crippen molar-refractivity contribution in [1.29, 1.82) is 0 Å². The van der Waals surface area contributed by atoms with E-state index in [0.29, 0.717) is 12.0 Å². The average Bonchev–Trinajstić information content (AvgIpc) is 2.28. The van der Waals surface area contributed by atoms with Crippen LogP contribution in [0.4, 0.5) is 5.69 Å². The zero-order valence-corrected chi connectivity index (χ0v) is 10.3. The van der Waals surface area contributed by atoms with Crippen LogP contribution in [-0.4, -0.2) is 11.6 Å². The fourth-order valence-electron chi connectivity index (χ4n) is 1.98. The summed E-state index contributed by atoms with van der Waals surface area (Å²) in [6, 6.07) is 9.33. The van der Waals surface area contributed by atoms with E-state index in [2.05, 4.69) is 5.32 Å². The minimum atomic E-state index is -0.847. The number of amides is 1. The van der Waals surface area contributed by atoms with Crippen molar-refractivity contribution >= 4 is 11.6 Å². The van der Waals surface area contributed by atoms with Crippen molar-refractivity contribution in [3.8, 4) is 0 Å². The molecule has 1 aromatic rings. The first-order valence-electron chi connectivity index (χ1n) is 5.81. The second-order valence-electron chi connectivity index (χ2n) is 4.64. The molecular formula is C14H17N3O. The molecule has 0 saturated heterocycles. The standard InChI is InChI=1S/C14H17N3O/c1-10-9-14(15,16)8-7-12(10)13(18)17-11-5-3-2-4-6-11/h2-8H,9,15-16H2,1H3,(H,17,18). The monoisotopic (exact) mass is 243 g/mol. The summed E-state index contributed by atoms with van der Waals surface area (Å²) in [5, 5.41) is 2.84. The van der Waals surface area contributed by atoms with E-state index < -0.39 is 5.66 Å². The van der Waals surface area contributed by atoms with E-state index in [0.717, 1.165) is 11.3 Å². The molecule has 0 radical (unpaired) electrons. The maximum absolute atomic E-state index is 12.1. The summed E-state index contributed by atoms with van der Waals surface area (Å²) < 4.78 is 0. The first kappa shape index (κ1) is 12.5. The number of carbonyl (C=O) groups excluding carboxylic acids is 1. The lowest BCUT2D eigenvalue weighted by molar-refractivity contribution is -0.112. The fourth-order valence-corrected chi connectivity index (χ4v) is 1.98. The molecule has 1 amide bonds. The Labute approximate surface area is 106 Å². The normalized spacial score (nSPS) is 17.7. The maximum Gasteiger partial charge on any atom is 0.255 e. The second kappa shape index (κ2) is 4.76. The smallest absolute Gasteiger partial charge is 0.255 e. The third-order valence-electron chi connectivity index (χ3n) is 2.87. The van der Waals surface area contributed by atoms with Crippen LogP contribution in [0.25, 0.3) is 0 Å². The highest BCUT2D eigenvalue weighted by Gasteiger charge is 2.23. The molecule has 4 nitrogen and oxygen atoms in total. The van der Waals surface area contributed by atoms with E-state index in [1.54, 1.807) is 12.2 Å². The van der Waals surface area contributed by atoms with Gasteiger partial charge in [-0.2, -0.15) is 0 Å². The molecule has 94 valence electrons. The van der Waals surface area contributed by atoms with Crippen LogP contribution in [0.3, 0.4) is 0 Å². The van der Waals surface area contributed by atoms with E-state index in [9.17, 15) is 4.79 Å². The Bertz CT molecular complexity index is 515. The van der Waals surface area contributed by atoms with Crippen LogP contribution in [0, 0.1) is 0 Å². The molecular weight excluding hydrogens is 226 g/mol. The van der Waals surface area contributed by atoms with Crippen LogP contribution in [-0.2, 0) is 4.79 Å². The molecule has 0 aliphatic heterocycles. The van der Waals surface area contributed by atoms with Crippen LogP contribution in [0.5, 0.6) is 0 Å². The molecule has 2 rings (SSSR count). The number of carbonyl (C=O) groups is 1. The van der Waals surface area contributed by atoms with E-state index in [1.165, 1.54) is 0 Å². The molecule has 0 bridgehead atoms. The molecule has 1 aliphatic rings. The molecule has 5 N–H and O–H groups in total. The summed E-state index contributed by atoms with van der Waals surface area (Å²) in [4.78, 5) is 12.1. The largest absolute Gasteiger partial charge is 0.322 e. The number of anilines is 1. The van der Waals surface area contributed by atoms with Gasteiger partial charge in [0.25, 0.3) is 5.91 Å². The van der Waals surface area contributed by atoms with Crippen LogP contribution >= 0.6 is 0 Å². The molecule has 0 aromatic heterocycles. The molecule has 1 aliphatic carbocycles. The maximum atomic E-state index is 12.1. The summed E-state index contributed by atoms with van der Waals surface area (Å²) in [5.74, 6) is -0.134. The van der Waals surface area contributed by atoms with Gasteiger partial charge in [-0.1, -0.05) is 29.8 Å². The average molecular weight is 243 g/mol. The van der Waals surface area contributed by atoms with Crippen LogP contribution in [0.2, 0.25) is 0 Å². The minimum Gasteiger partial charge on any atom is -0.322 e. The first-order chi connectivity index (χ1) is 8.48. The van der Waals surface area contributed by atoms with Crippen molar-refractivity contribution < 1.29 is 4.79 Å². The summed E-state index contributed by atoms with van der Waals surface area (Å²) in [7, 11) is 0. The first-order valence-corrected chi connectivity index (χ1v) is 5.81. The number of para-hydroxylation sites is 1. The Morgan fingerprint density at radius 1 is 1.28 bits per heavy atom. The van der Waals surface area contributed by atoms with Gasteiger partial charge < -0.3 is 16.8 Å². The van der Waals surface area contributed by atoms with Crippen molar-refractivity contribution in [1.82, 2.24) is 0 Å². The number of rotatable bonds is 2.